The molecule has 142 valence electrons. The first-order valence-electron chi connectivity index (χ1n) is 8.18. The van der Waals surface area contributed by atoms with Crippen molar-refractivity contribution in [3.8, 4) is 0 Å². The van der Waals surface area contributed by atoms with Crippen LogP contribution in [0.4, 0.5) is 16.5 Å². The zero-order chi connectivity index (χ0) is 19.9. The highest BCUT2D eigenvalue weighted by molar-refractivity contribution is 7.13. The number of aryl methyl sites for hydroxylation is 1. The van der Waals surface area contributed by atoms with Crippen LogP contribution in [0.5, 0.6) is 0 Å². The summed E-state index contributed by atoms with van der Waals surface area (Å²) in [5.41, 5.74) is 5.63. The smallest absolute Gasteiger partial charge is 0.329 e. The Bertz CT molecular complexity index is 1000. The van der Waals surface area contributed by atoms with Gasteiger partial charge in [0.15, 0.2) is 5.13 Å². The first kappa shape index (κ1) is 19.5. The van der Waals surface area contributed by atoms with Gasteiger partial charge in [-0.1, -0.05) is 29.3 Å². The van der Waals surface area contributed by atoms with E-state index in [1.807, 2.05) is 31.2 Å². The van der Waals surface area contributed by atoms with E-state index in [1.165, 1.54) is 23.7 Å². The van der Waals surface area contributed by atoms with Gasteiger partial charge < -0.3 is 5.32 Å². The van der Waals surface area contributed by atoms with Crippen molar-refractivity contribution in [2.75, 3.05) is 10.6 Å². The molecular formula is C19H16ClN5O2S. The van der Waals surface area contributed by atoms with E-state index in [2.05, 4.69) is 26.1 Å². The van der Waals surface area contributed by atoms with Crippen LogP contribution in [0.3, 0.4) is 0 Å². The number of hydrazone groups is 1. The van der Waals surface area contributed by atoms with Gasteiger partial charge in [-0.05, 0) is 37.3 Å². The molecule has 0 bridgehead atoms. The third-order valence-corrected chi connectivity index (χ3v) is 4.50. The zero-order valence-electron chi connectivity index (χ0n) is 14.8. The number of aromatic nitrogens is 1. The van der Waals surface area contributed by atoms with Crippen LogP contribution in [0, 0.1) is 6.92 Å². The molecule has 1 heterocycles. The average Bonchev–Trinajstić information content (AvgIpc) is 3.18. The maximum Gasteiger partial charge on any atom is 0.329 e. The highest BCUT2D eigenvalue weighted by atomic mass is 35.5. The highest BCUT2D eigenvalue weighted by Gasteiger charge is 2.14. The standard InChI is InChI=1S/C19H16ClN5O2S/c1-12-2-5-15(6-3-12)23-16-7-4-14(20)10-13(16)11-22-25-18(27)17(26)24-19-21-8-9-28-19/h2-11,23H,1H3,(H,25,27)(H,21,24,26)/b22-11-. The Kier molecular flexibility index (Phi) is 6.36. The molecule has 0 aliphatic heterocycles. The van der Waals surface area contributed by atoms with Crippen LogP contribution in [0.15, 0.2) is 59.1 Å². The fourth-order valence-electron chi connectivity index (χ4n) is 2.20. The van der Waals surface area contributed by atoms with Gasteiger partial charge in [-0.15, -0.1) is 11.3 Å². The van der Waals surface area contributed by atoms with Crippen molar-refractivity contribution in [1.29, 1.82) is 0 Å². The topological polar surface area (TPSA) is 95.5 Å². The second-order valence-electron chi connectivity index (χ2n) is 5.71. The van der Waals surface area contributed by atoms with Crippen LogP contribution in [-0.2, 0) is 9.59 Å². The minimum Gasteiger partial charge on any atom is -0.355 e. The number of hydrogen-bond donors (Lipinski definition) is 3. The van der Waals surface area contributed by atoms with E-state index in [4.69, 9.17) is 11.6 Å². The van der Waals surface area contributed by atoms with Crippen molar-refractivity contribution in [3.63, 3.8) is 0 Å². The largest absolute Gasteiger partial charge is 0.355 e. The Morgan fingerprint density at radius 2 is 1.93 bits per heavy atom. The number of halogens is 1. The molecule has 7 nitrogen and oxygen atoms in total. The number of hydrogen-bond acceptors (Lipinski definition) is 6. The molecule has 28 heavy (non-hydrogen) atoms. The van der Waals surface area contributed by atoms with Gasteiger partial charge in [-0.3, -0.25) is 14.9 Å². The Labute approximate surface area is 170 Å². The lowest BCUT2D eigenvalue weighted by atomic mass is 10.1. The lowest BCUT2D eigenvalue weighted by molar-refractivity contribution is -0.136. The molecule has 2 aromatic carbocycles. The average molecular weight is 414 g/mol. The van der Waals surface area contributed by atoms with E-state index in [0.29, 0.717) is 15.7 Å². The summed E-state index contributed by atoms with van der Waals surface area (Å²) in [5, 5.41) is 12.0. The Morgan fingerprint density at radius 3 is 2.64 bits per heavy atom. The van der Waals surface area contributed by atoms with Gasteiger partial charge in [0.25, 0.3) is 0 Å². The molecule has 3 aromatic rings. The van der Waals surface area contributed by atoms with Gasteiger partial charge in [-0.2, -0.15) is 5.10 Å². The van der Waals surface area contributed by atoms with Crippen molar-refractivity contribution < 1.29 is 9.59 Å². The molecule has 3 N–H and O–H groups in total. The summed E-state index contributed by atoms with van der Waals surface area (Å²) in [6, 6.07) is 13.1. The van der Waals surface area contributed by atoms with Crippen molar-refractivity contribution in [3.05, 3.63) is 70.2 Å². The maximum atomic E-state index is 11.8. The first-order chi connectivity index (χ1) is 13.5. The summed E-state index contributed by atoms with van der Waals surface area (Å²) in [6.45, 7) is 2.01. The second-order valence-corrected chi connectivity index (χ2v) is 7.04. The SMILES string of the molecule is Cc1ccc(Nc2ccc(Cl)cc2/C=N\NC(=O)C(=O)Nc2nccs2)cc1. The summed E-state index contributed by atoms with van der Waals surface area (Å²) in [4.78, 5) is 27.5. The van der Waals surface area contributed by atoms with Crippen molar-refractivity contribution in [1.82, 2.24) is 10.4 Å². The van der Waals surface area contributed by atoms with Gasteiger partial charge in [0.05, 0.1) is 6.21 Å². The molecule has 0 radical (unpaired) electrons. The fourth-order valence-corrected chi connectivity index (χ4v) is 2.90. The molecule has 0 atom stereocenters. The minimum atomic E-state index is -0.901. The summed E-state index contributed by atoms with van der Waals surface area (Å²) in [7, 11) is 0. The van der Waals surface area contributed by atoms with Gasteiger partial charge in [0, 0.05) is 33.5 Å². The fraction of sp³-hybridized carbons (Fsp3) is 0.0526. The van der Waals surface area contributed by atoms with Crippen molar-refractivity contribution in [2.24, 2.45) is 5.10 Å². The van der Waals surface area contributed by atoms with Crippen LogP contribution in [0.25, 0.3) is 0 Å². The second kappa shape index (κ2) is 9.12. The van der Waals surface area contributed by atoms with Gasteiger partial charge >= 0.3 is 11.8 Å². The van der Waals surface area contributed by atoms with Crippen LogP contribution < -0.4 is 16.1 Å². The molecule has 0 aliphatic rings. The summed E-state index contributed by atoms with van der Waals surface area (Å²) in [6.07, 6.45) is 2.94. The third-order valence-electron chi connectivity index (χ3n) is 3.57. The number of nitrogens with zero attached hydrogens (tertiary/aromatic N) is 2. The van der Waals surface area contributed by atoms with Crippen LogP contribution in [-0.4, -0.2) is 23.0 Å². The zero-order valence-corrected chi connectivity index (χ0v) is 16.3. The van der Waals surface area contributed by atoms with Crippen LogP contribution in [0.1, 0.15) is 11.1 Å². The van der Waals surface area contributed by atoms with Crippen LogP contribution in [0.2, 0.25) is 5.02 Å². The number of carbonyl (C=O) groups is 2. The van der Waals surface area contributed by atoms with Crippen LogP contribution >= 0.6 is 22.9 Å². The number of thiazole rings is 1. The number of carbonyl (C=O) groups excluding carboxylic acids is 2. The minimum absolute atomic E-state index is 0.337. The molecule has 9 heteroatoms. The lowest BCUT2D eigenvalue weighted by Gasteiger charge is -2.10. The van der Waals surface area contributed by atoms with E-state index >= 15 is 0 Å². The summed E-state index contributed by atoms with van der Waals surface area (Å²) < 4.78 is 0. The van der Waals surface area contributed by atoms with Gasteiger partial charge in [0.1, 0.15) is 0 Å². The monoisotopic (exact) mass is 413 g/mol. The van der Waals surface area contributed by atoms with E-state index in [-0.39, 0.29) is 0 Å². The Balaban J connectivity index is 1.67. The highest BCUT2D eigenvalue weighted by Crippen LogP contribution is 2.23. The molecule has 1 aromatic heterocycles. The molecule has 0 saturated carbocycles. The molecule has 0 saturated heterocycles. The number of anilines is 3. The van der Waals surface area contributed by atoms with E-state index in [9.17, 15) is 9.59 Å². The first-order valence-corrected chi connectivity index (χ1v) is 9.44. The predicted octanol–water partition coefficient (Wildman–Crippen LogP) is 3.94. The summed E-state index contributed by atoms with van der Waals surface area (Å²) >= 11 is 7.28. The molecule has 0 spiro atoms. The third kappa shape index (κ3) is 5.38. The molecule has 0 aliphatic carbocycles. The van der Waals surface area contributed by atoms with Gasteiger partial charge in [-0.25, -0.2) is 10.4 Å². The summed E-state index contributed by atoms with van der Waals surface area (Å²) in [5.74, 6) is -1.75. The molecule has 0 unspecified atom stereocenters. The quantitative estimate of drug-likeness (QED) is 0.335. The van der Waals surface area contributed by atoms with Crippen molar-refractivity contribution >= 4 is 57.5 Å². The van der Waals surface area contributed by atoms with Gasteiger partial charge in [0.2, 0.25) is 0 Å². The van der Waals surface area contributed by atoms with E-state index < -0.39 is 11.8 Å². The number of benzene rings is 2. The Morgan fingerprint density at radius 1 is 1.14 bits per heavy atom. The normalized spacial score (nSPS) is 10.6. The number of amides is 2. The molecule has 0 fully saturated rings. The number of nitrogens with one attached hydrogen (secondary N) is 3. The van der Waals surface area contributed by atoms with E-state index in [0.717, 1.165) is 16.9 Å². The molecule has 2 amide bonds. The molecule has 3 rings (SSSR count). The molecular weight excluding hydrogens is 398 g/mol. The lowest BCUT2D eigenvalue weighted by Crippen LogP contribution is -2.32. The number of rotatable bonds is 5. The predicted molar refractivity (Wildman–Crippen MR) is 112 cm³/mol. The van der Waals surface area contributed by atoms with E-state index in [1.54, 1.807) is 23.6 Å². The van der Waals surface area contributed by atoms with Crippen molar-refractivity contribution in [2.45, 2.75) is 6.92 Å². The Hall–Kier alpha value is -3.23. The maximum absolute atomic E-state index is 11.8.